The van der Waals surface area contributed by atoms with E-state index in [0.717, 1.165) is 18.8 Å². The summed E-state index contributed by atoms with van der Waals surface area (Å²) < 4.78 is 1.99. The lowest BCUT2D eigenvalue weighted by molar-refractivity contribution is 0.600. The van der Waals surface area contributed by atoms with Crippen molar-refractivity contribution >= 4 is 0 Å². The van der Waals surface area contributed by atoms with Crippen molar-refractivity contribution < 1.29 is 0 Å². The number of hydrogen-bond donors (Lipinski definition) is 1. The van der Waals surface area contributed by atoms with E-state index in [0.29, 0.717) is 0 Å². The van der Waals surface area contributed by atoms with Crippen LogP contribution in [0.25, 0.3) is 0 Å². The maximum Gasteiger partial charge on any atom is 0.149 e. The predicted octanol–water partition coefficient (Wildman–Crippen LogP) is 0.708. The number of aryl methyl sites for hydroxylation is 1. The fraction of sp³-hybridized carbons (Fsp3) is 0.714. The van der Waals surface area contributed by atoms with Crippen LogP contribution in [-0.2, 0) is 6.54 Å². The van der Waals surface area contributed by atoms with E-state index in [9.17, 15) is 0 Å². The van der Waals surface area contributed by atoms with Gasteiger partial charge in [0.2, 0.25) is 0 Å². The molecule has 1 heterocycles. The Morgan fingerprint density at radius 3 is 3.00 bits per heavy atom. The molecule has 0 amide bonds. The van der Waals surface area contributed by atoms with Gasteiger partial charge in [-0.1, -0.05) is 6.92 Å². The van der Waals surface area contributed by atoms with Gasteiger partial charge in [0, 0.05) is 6.54 Å². The first-order valence-electron chi connectivity index (χ1n) is 3.89. The van der Waals surface area contributed by atoms with Crippen molar-refractivity contribution in [1.29, 1.82) is 0 Å². The monoisotopic (exact) mass is 154 g/mol. The van der Waals surface area contributed by atoms with Crippen LogP contribution in [0.5, 0.6) is 0 Å². The van der Waals surface area contributed by atoms with Crippen molar-refractivity contribution in [3.8, 4) is 0 Å². The van der Waals surface area contributed by atoms with Gasteiger partial charge in [-0.2, -0.15) is 0 Å². The predicted molar refractivity (Wildman–Crippen MR) is 42.9 cm³/mol. The third kappa shape index (κ3) is 1.77. The van der Waals surface area contributed by atoms with Crippen LogP contribution < -0.4 is 5.73 Å². The minimum absolute atomic E-state index is 0.0240. The second kappa shape index (κ2) is 3.48. The molecule has 1 atom stereocenters. The van der Waals surface area contributed by atoms with E-state index in [1.165, 1.54) is 0 Å². The third-order valence-corrected chi connectivity index (χ3v) is 1.52. The van der Waals surface area contributed by atoms with E-state index < -0.39 is 0 Å². The maximum atomic E-state index is 5.67. The standard InChI is InChI=1S/C7H14N4/c1-3-4-11-5-9-10-7(11)6(2)8/h5-6H,3-4,8H2,1-2H3/t6-/m0/s1. The van der Waals surface area contributed by atoms with E-state index in [1.54, 1.807) is 6.33 Å². The van der Waals surface area contributed by atoms with Gasteiger partial charge >= 0.3 is 0 Å². The molecule has 1 rings (SSSR count). The van der Waals surface area contributed by atoms with Gasteiger partial charge in [-0.25, -0.2) is 0 Å². The Kier molecular flexibility index (Phi) is 2.59. The van der Waals surface area contributed by atoms with Crippen LogP contribution in [0.1, 0.15) is 32.1 Å². The molecule has 0 unspecified atom stereocenters. The number of hydrogen-bond acceptors (Lipinski definition) is 3. The van der Waals surface area contributed by atoms with Crippen LogP contribution in [0.2, 0.25) is 0 Å². The molecule has 0 aliphatic heterocycles. The average Bonchev–Trinajstić information content (AvgIpc) is 2.36. The molecule has 62 valence electrons. The smallest absolute Gasteiger partial charge is 0.149 e. The average molecular weight is 154 g/mol. The normalized spacial score (nSPS) is 13.4. The number of aromatic nitrogens is 3. The Balaban J connectivity index is 2.78. The maximum absolute atomic E-state index is 5.67. The van der Waals surface area contributed by atoms with Crippen molar-refractivity contribution in [1.82, 2.24) is 14.8 Å². The molecule has 1 aromatic heterocycles. The fourth-order valence-corrected chi connectivity index (χ4v) is 1.03. The Hall–Kier alpha value is -0.900. The highest BCUT2D eigenvalue weighted by molar-refractivity contribution is 4.90. The van der Waals surface area contributed by atoms with Crippen molar-refractivity contribution in [2.24, 2.45) is 5.73 Å². The highest BCUT2D eigenvalue weighted by atomic mass is 15.3. The molecule has 0 spiro atoms. The molecule has 4 heteroatoms. The SMILES string of the molecule is CCCn1cnnc1[C@H](C)N. The first kappa shape index (κ1) is 8.20. The summed E-state index contributed by atoms with van der Waals surface area (Å²) >= 11 is 0. The van der Waals surface area contributed by atoms with E-state index in [1.807, 2.05) is 11.5 Å². The summed E-state index contributed by atoms with van der Waals surface area (Å²) in [6.45, 7) is 4.98. The van der Waals surface area contributed by atoms with Gasteiger partial charge in [-0.15, -0.1) is 10.2 Å². The summed E-state index contributed by atoms with van der Waals surface area (Å²) in [7, 11) is 0. The zero-order valence-corrected chi connectivity index (χ0v) is 6.99. The van der Waals surface area contributed by atoms with E-state index >= 15 is 0 Å². The number of nitrogens with zero attached hydrogens (tertiary/aromatic N) is 3. The first-order chi connectivity index (χ1) is 5.25. The molecule has 0 aliphatic carbocycles. The van der Waals surface area contributed by atoms with E-state index in [2.05, 4.69) is 17.1 Å². The molecule has 0 aromatic carbocycles. The molecular formula is C7H14N4. The molecule has 0 radical (unpaired) electrons. The lowest BCUT2D eigenvalue weighted by Crippen LogP contribution is -2.13. The molecule has 0 bridgehead atoms. The summed E-state index contributed by atoms with van der Waals surface area (Å²) in [4.78, 5) is 0. The minimum Gasteiger partial charge on any atom is -0.322 e. The van der Waals surface area contributed by atoms with Crippen LogP contribution in [0.3, 0.4) is 0 Å². The third-order valence-electron chi connectivity index (χ3n) is 1.52. The Morgan fingerprint density at radius 2 is 2.45 bits per heavy atom. The quantitative estimate of drug-likeness (QED) is 0.697. The molecular weight excluding hydrogens is 140 g/mol. The van der Waals surface area contributed by atoms with Gasteiger partial charge in [-0.05, 0) is 13.3 Å². The van der Waals surface area contributed by atoms with E-state index in [-0.39, 0.29) is 6.04 Å². The summed E-state index contributed by atoms with van der Waals surface area (Å²) in [5.74, 6) is 0.867. The molecule has 2 N–H and O–H groups in total. The molecule has 0 fully saturated rings. The van der Waals surface area contributed by atoms with Gasteiger partial charge in [-0.3, -0.25) is 0 Å². The zero-order chi connectivity index (χ0) is 8.27. The van der Waals surface area contributed by atoms with Crippen molar-refractivity contribution in [3.63, 3.8) is 0 Å². The second-order valence-electron chi connectivity index (χ2n) is 2.67. The number of rotatable bonds is 3. The molecule has 0 aliphatic rings. The zero-order valence-electron chi connectivity index (χ0n) is 6.99. The van der Waals surface area contributed by atoms with E-state index in [4.69, 9.17) is 5.73 Å². The van der Waals surface area contributed by atoms with Gasteiger partial charge in [0.05, 0.1) is 6.04 Å². The summed E-state index contributed by atoms with van der Waals surface area (Å²) in [6.07, 6.45) is 2.81. The van der Waals surface area contributed by atoms with Crippen LogP contribution in [0, 0.1) is 0 Å². The van der Waals surface area contributed by atoms with Gasteiger partial charge in [0.1, 0.15) is 12.2 Å². The first-order valence-corrected chi connectivity index (χ1v) is 3.89. The largest absolute Gasteiger partial charge is 0.322 e. The van der Waals surface area contributed by atoms with Gasteiger partial charge in [0.15, 0.2) is 0 Å². The molecule has 4 nitrogen and oxygen atoms in total. The van der Waals surface area contributed by atoms with Crippen molar-refractivity contribution in [3.05, 3.63) is 12.2 Å². The summed E-state index contributed by atoms with van der Waals surface area (Å²) in [6, 6.07) is -0.0240. The molecule has 0 saturated carbocycles. The lowest BCUT2D eigenvalue weighted by atomic mass is 10.3. The minimum atomic E-state index is -0.0240. The van der Waals surface area contributed by atoms with Crippen LogP contribution >= 0.6 is 0 Å². The fourth-order valence-electron chi connectivity index (χ4n) is 1.03. The number of nitrogens with two attached hydrogens (primary N) is 1. The van der Waals surface area contributed by atoms with Gasteiger partial charge < -0.3 is 10.3 Å². The van der Waals surface area contributed by atoms with Crippen LogP contribution in [0.15, 0.2) is 6.33 Å². The van der Waals surface area contributed by atoms with Crippen molar-refractivity contribution in [2.75, 3.05) is 0 Å². The summed E-state index contributed by atoms with van der Waals surface area (Å²) in [5, 5.41) is 7.72. The lowest BCUT2D eigenvalue weighted by Gasteiger charge is -2.06. The molecule has 11 heavy (non-hydrogen) atoms. The molecule has 1 aromatic rings. The highest BCUT2D eigenvalue weighted by Crippen LogP contribution is 2.05. The Labute approximate surface area is 66.4 Å². The second-order valence-corrected chi connectivity index (χ2v) is 2.67. The highest BCUT2D eigenvalue weighted by Gasteiger charge is 2.06. The van der Waals surface area contributed by atoms with Crippen LogP contribution in [0.4, 0.5) is 0 Å². The van der Waals surface area contributed by atoms with Gasteiger partial charge in [0.25, 0.3) is 0 Å². The Morgan fingerprint density at radius 1 is 1.73 bits per heavy atom. The van der Waals surface area contributed by atoms with Crippen molar-refractivity contribution in [2.45, 2.75) is 32.9 Å². The Bertz CT molecular complexity index is 216. The summed E-state index contributed by atoms with van der Waals surface area (Å²) in [5.41, 5.74) is 5.67. The van der Waals surface area contributed by atoms with Crippen LogP contribution in [-0.4, -0.2) is 14.8 Å². The molecule has 0 saturated heterocycles. The topological polar surface area (TPSA) is 56.7 Å².